The van der Waals surface area contributed by atoms with Crippen LogP contribution in [0.25, 0.3) is 0 Å². The Morgan fingerprint density at radius 1 is 0.892 bits per heavy atom. The Morgan fingerprint density at radius 3 is 2.38 bits per heavy atom. The lowest BCUT2D eigenvalue weighted by Gasteiger charge is -2.24. The van der Waals surface area contributed by atoms with Gasteiger partial charge in [-0.25, -0.2) is 0 Å². The van der Waals surface area contributed by atoms with Crippen LogP contribution in [-0.4, -0.2) is 48.9 Å². The van der Waals surface area contributed by atoms with Crippen molar-refractivity contribution in [2.24, 2.45) is 0 Å². The molecule has 2 amide bonds. The summed E-state index contributed by atoms with van der Waals surface area (Å²) < 4.78 is 5.39. The fourth-order valence-corrected chi connectivity index (χ4v) is 5.04. The molecular weight excluding hydrogens is 490 g/mol. The third-order valence-corrected chi connectivity index (χ3v) is 7.06. The second kappa shape index (κ2) is 11.0. The van der Waals surface area contributed by atoms with Gasteiger partial charge in [-0.15, -0.1) is 0 Å². The van der Waals surface area contributed by atoms with Crippen molar-refractivity contribution >= 4 is 40.8 Å². The van der Waals surface area contributed by atoms with Crippen LogP contribution in [0.3, 0.4) is 0 Å². The lowest BCUT2D eigenvalue weighted by molar-refractivity contribution is -0.150. The quantitative estimate of drug-likeness (QED) is 0.444. The normalized spacial score (nSPS) is 15.4. The van der Waals surface area contributed by atoms with E-state index < -0.39 is 5.97 Å². The number of nitrogens with zero attached hydrogens (tertiary/aromatic N) is 3. The number of fused-ring (bicyclic) bond motifs is 1. The van der Waals surface area contributed by atoms with Gasteiger partial charge in [0.1, 0.15) is 19.7 Å². The van der Waals surface area contributed by atoms with Gasteiger partial charge in [-0.1, -0.05) is 60.1 Å². The monoisotopic (exact) mass is 517 g/mol. The van der Waals surface area contributed by atoms with E-state index >= 15 is 0 Å². The van der Waals surface area contributed by atoms with E-state index in [0.717, 1.165) is 42.7 Å². The number of carbonyl (C=O) groups is 3. The van der Waals surface area contributed by atoms with Gasteiger partial charge >= 0.3 is 5.97 Å². The summed E-state index contributed by atoms with van der Waals surface area (Å²) in [6.45, 7) is 1.87. The number of benzene rings is 3. The Morgan fingerprint density at radius 2 is 1.62 bits per heavy atom. The first-order valence-electron chi connectivity index (χ1n) is 12.4. The Bertz CT molecular complexity index is 1310. The van der Waals surface area contributed by atoms with Gasteiger partial charge in [0.25, 0.3) is 5.91 Å². The highest BCUT2D eigenvalue weighted by Gasteiger charge is 2.31. The summed E-state index contributed by atoms with van der Waals surface area (Å²) in [4.78, 5) is 44.6. The van der Waals surface area contributed by atoms with Crippen LogP contribution in [0.15, 0.2) is 72.8 Å². The number of carbonyl (C=O) groups excluding carboxylic acids is 3. The molecular formula is C29H28ClN3O4. The van der Waals surface area contributed by atoms with Gasteiger partial charge in [0, 0.05) is 31.0 Å². The summed E-state index contributed by atoms with van der Waals surface area (Å²) in [5.74, 6) is -1.20. The molecule has 2 aliphatic heterocycles. The van der Waals surface area contributed by atoms with E-state index in [1.807, 2.05) is 66.7 Å². The van der Waals surface area contributed by atoms with E-state index in [4.69, 9.17) is 16.3 Å². The zero-order chi connectivity index (χ0) is 25.8. The predicted molar refractivity (Wildman–Crippen MR) is 143 cm³/mol. The molecule has 0 aliphatic carbocycles. The van der Waals surface area contributed by atoms with Crippen molar-refractivity contribution in [1.29, 1.82) is 0 Å². The van der Waals surface area contributed by atoms with E-state index in [1.54, 1.807) is 6.07 Å². The van der Waals surface area contributed by atoms with Gasteiger partial charge < -0.3 is 14.5 Å². The number of anilines is 2. The molecule has 3 aromatic rings. The molecule has 0 radical (unpaired) electrons. The predicted octanol–water partition coefficient (Wildman–Crippen LogP) is 4.67. The number of halogens is 1. The van der Waals surface area contributed by atoms with Gasteiger partial charge in [-0.2, -0.15) is 0 Å². The lowest BCUT2D eigenvalue weighted by atomic mass is 10.1. The number of para-hydroxylation sites is 1. The molecule has 0 spiro atoms. The van der Waals surface area contributed by atoms with E-state index in [9.17, 15) is 14.4 Å². The maximum atomic E-state index is 13.7. The minimum absolute atomic E-state index is 0.134. The molecule has 2 heterocycles. The molecule has 7 nitrogen and oxygen atoms in total. The summed E-state index contributed by atoms with van der Waals surface area (Å²) in [5.41, 5.74) is 3.59. The number of amides is 2. The van der Waals surface area contributed by atoms with Crippen LogP contribution < -0.4 is 9.80 Å². The van der Waals surface area contributed by atoms with Crippen LogP contribution in [0.5, 0.6) is 0 Å². The largest absolute Gasteiger partial charge is 0.459 e. The van der Waals surface area contributed by atoms with Crippen LogP contribution in [0.1, 0.15) is 34.3 Å². The Hall–Kier alpha value is -3.84. The molecule has 8 heteroatoms. The standard InChI is InChI=1S/C29H28ClN3O4/c30-25-16-23(31-14-6-7-15-31)12-13-24(25)29(36)33-18-27(34)32(17-22-10-4-5-11-26(22)33)19-28(35)37-20-21-8-2-1-3-9-21/h1-5,8-13,16H,6-7,14-15,17-20H2. The summed E-state index contributed by atoms with van der Waals surface area (Å²) in [5, 5.41) is 0.352. The molecule has 5 rings (SSSR count). The van der Waals surface area contributed by atoms with E-state index in [-0.39, 0.29) is 38.1 Å². The summed E-state index contributed by atoms with van der Waals surface area (Å²) >= 11 is 6.58. The fourth-order valence-electron chi connectivity index (χ4n) is 4.78. The van der Waals surface area contributed by atoms with Gasteiger partial charge in [0.2, 0.25) is 5.91 Å². The van der Waals surface area contributed by atoms with Crippen molar-refractivity contribution in [2.75, 3.05) is 36.0 Å². The molecule has 1 fully saturated rings. The smallest absolute Gasteiger partial charge is 0.325 e. The molecule has 2 aliphatic rings. The SMILES string of the molecule is O=C(CN1Cc2ccccc2N(C(=O)c2ccc(N3CCCC3)cc2Cl)CC1=O)OCc1ccccc1. The summed E-state index contributed by atoms with van der Waals surface area (Å²) in [6, 6.07) is 22.2. The fraction of sp³-hybridized carbons (Fsp3) is 0.276. The molecule has 0 unspecified atom stereocenters. The maximum absolute atomic E-state index is 13.7. The Labute approximate surface area is 221 Å². The molecule has 190 valence electrons. The van der Waals surface area contributed by atoms with E-state index in [2.05, 4.69) is 4.90 Å². The first-order chi connectivity index (χ1) is 18.0. The van der Waals surface area contributed by atoms with Crippen LogP contribution >= 0.6 is 11.6 Å². The lowest BCUT2D eigenvalue weighted by Crippen LogP contribution is -2.42. The Balaban J connectivity index is 1.33. The third kappa shape index (κ3) is 5.62. The second-order valence-corrected chi connectivity index (χ2v) is 9.68. The Kier molecular flexibility index (Phi) is 7.42. The van der Waals surface area contributed by atoms with Crippen molar-refractivity contribution in [1.82, 2.24) is 4.90 Å². The third-order valence-electron chi connectivity index (χ3n) is 6.75. The van der Waals surface area contributed by atoms with Gasteiger partial charge in [0.15, 0.2) is 0 Å². The van der Waals surface area contributed by atoms with Crippen molar-refractivity contribution in [3.63, 3.8) is 0 Å². The zero-order valence-corrected chi connectivity index (χ0v) is 21.2. The van der Waals surface area contributed by atoms with Crippen LogP contribution in [-0.2, 0) is 27.5 Å². The number of hydrogen-bond donors (Lipinski definition) is 0. The highest BCUT2D eigenvalue weighted by Crippen LogP contribution is 2.31. The molecule has 1 saturated heterocycles. The van der Waals surface area contributed by atoms with Crippen molar-refractivity contribution in [2.45, 2.75) is 26.0 Å². The van der Waals surface area contributed by atoms with E-state index in [0.29, 0.717) is 16.3 Å². The van der Waals surface area contributed by atoms with Crippen LogP contribution in [0.4, 0.5) is 11.4 Å². The summed E-state index contributed by atoms with van der Waals surface area (Å²) in [7, 11) is 0. The maximum Gasteiger partial charge on any atom is 0.325 e. The minimum atomic E-state index is -0.505. The first-order valence-corrected chi connectivity index (χ1v) is 12.8. The molecule has 0 atom stereocenters. The molecule has 0 bridgehead atoms. The molecule has 0 saturated carbocycles. The second-order valence-electron chi connectivity index (χ2n) is 9.27. The minimum Gasteiger partial charge on any atom is -0.459 e. The first kappa shape index (κ1) is 24.8. The van der Waals surface area contributed by atoms with E-state index in [1.165, 1.54) is 9.80 Å². The molecule has 3 aromatic carbocycles. The average Bonchev–Trinajstić information content (AvgIpc) is 3.41. The van der Waals surface area contributed by atoms with Gasteiger partial charge in [-0.05, 0) is 48.2 Å². The highest BCUT2D eigenvalue weighted by atomic mass is 35.5. The highest BCUT2D eigenvalue weighted by molar-refractivity contribution is 6.35. The van der Waals surface area contributed by atoms with Crippen molar-refractivity contribution in [3.05, 3.63) is 94.5 Å². The molecule has 37 heavy (non-hydrogen) atoms. The number of hydrogen-bond acceptors (Lipinski definition) is 5. The van der Waals surface area contributed by atoms with Crippen molar-refractivity contribution < 1.29 is 19.1 Å². The molecule has 0 aromatic heterocycles. The van der Waals surface area contributed by atoms with Gasteiger partial charge in [-0.3, -0.25) is 19.3 Å². The number of rotatable bonds is 6. The number of ether oxygens (including phenoxy) is 1. The van der Waals surface area contributed by atoms with Gasteiger partial charge in [0.05, 0.1) is 10.6 Å². The van der Waals surface area contributed by atoms with Crippen LogP contribution in [0.2, 0.25) is 5.02 Å². The average molecular weight is 518 g/mol. The summed E-state index contributed by atoms with van der Waals surface area (Å²) in [6.07, 6.45) is 2.28. The number of esters is 1. The van der Waals surface area contributed by atoms with Crippen LogP contribution in [0, 0.1) is 0 Å². The zero-order valence-electron chi connectivity index (χ0n) is 20.4. The van der Waals surface area contributed by atoms with Crippen molar-refractivity contribution in [3.8, 4) is 0 Å². The topological polar surface area (TPSA) is 70.2 Å². The molecule has 0 N–H and O–H groups in total.